The number of hydrogen-bond donors (Lipinski definition) is 2. The first-order valence-corrected chi connectivity index (χ1v) is 8.92. The minimum atomic E-state index is -4.79. The van der Waals surface area contributed by atoms with Gasteiger partial charge in [-0.25, -0.2) is 4.79 Å². The smallest absolute Gasteiger partial charge is 0.420 e. The standard InChI is InChI=1S/C20H18F3NO6/c21-20(22,23)14-8-13(9-16-18(14)29-7-6-28-16)17(26)15(10-25)24-19(27)30-11-12-4-2-1-3-5-12/h1-5,8-9,15,25H,6-7,10-11H2,(H,24,27)/t15-/m1/s1. The van der Waals surface area contributed by atoms with Crippen molar-refractivity contribution < 1.29 is 42.1 Å². The lowest BCUT2D eigenvalue weighted by molar-refractivity contribution is -0.139. The van der Waals surface area contributed by atoms with Crippen LogP contribution in [0.25, 0.3) is 0 Å². The first-order valence-electron chi connectivity index (χ1n) is 8.92. The summed E-state index contributed by atoms with van der Waals surface area (Å²) in [4.78, 5) is 24.6. The van der Waals surface area contributed by atoms with Crippen LogP contribution in [0.5, 0.6) is 11.5 Å². The molecule has 2 N–H and O–H groups in total. The molecule has 30 heavy (non-hydrogen) atoms. The van der Waals surface area contributed by atoms with Gasteiger partial charge >= 0.3 is 12.3 Å². The molecule has 10 heteroatoms. The Labute approximate surface area is 169 Å². The fourth-order valence-electron chi connectivity index (χ4n) is 2.81. The lowest BCUT2D eigenvalue weighted by atomic mass is 10.0. The molecule has 1 amide bonds. The summed E-state index contributed by atoms with van der Waals surface area (Å²) in [6, 6.07) is 8.91. The van der Waals surface area contributed by atoms with Crippen molar-refractivity contribution in [1.29, 1.82) is 0 Å². The van der Waals surface area contributed by atoms with E-state index in [0.29, 0.717) is 11.6 Å². The van der Waals surface area contributed by atoms with Gasteiger partial charge in [0.1, 0.15) is 31.4 Å². The summed E-state index contributed by atoms with van der Waals surface area (Å²) in [6.07, 6.45) is -5.79. The fraction of sp³-hybridized carbons (Fsp3) is 0.300. The summed E-state index contributed by atoms with van der Waals surface area (Å²) >= 11 is 0. The maximum atomic E-state index is 13.4. The van der Waals surface area contributed by atoms with Crippen LogP contribution in [0.4, 0.5) is 18.0 Å². The van der Waals surface area contributed by atoms with Crippen molar-refractivity contribution in [1.82, 2.24) is 5.32 Å². The molecule has 0 saturated carbocycles. The molecule has 2 aromatic rings. The third-order valence-corrected chi connectivity index (χ3v) is 4.24. The second kappa shape index (κ2) is 9.04. The summed E-state index contributed by atoms with van der Waals surface area (Å²) in [5.41, 5.74) is -0.874. The van der Waals surface area contributed by atoms with E-state index in [0.717, 1.165) is 6.07 Å². The molecule has 1 heterocycles. The quantitative estimate of drug-likeness (QED) is 0.692. The van der Waals surface area contributed by atoms with Crippen LogP contribution in [-0.4, -0.2) is 42.8 Å². The van der Waals surface area contributed by atoms with E-state index in [1.54, 1.807) is 30.3 Å². The average Bonchev–Trinajstić information content (AvgIpc) is 2.74. The Morgan fingerprint density at radius 3 is 2.50 bits per heavy atom. The molecule has 0 unspecified atom stereocenters. The van der Waals surface area contributed by atoms with E-state index in [4.69, 9.17) is 14.2 Å². The largest absolute Gasteiger partial charge is 0.486 e. The number of alkyl halides is 3. The zero-order valence-corrected chi connectivity index (χ0v) is 15.6. The molecule has 1 atom stereocenters. The van der Waals surface area contributed by atoms with Gasteiger partial charge in [-0.2, -0.15) is 13.2 Å². The van der Waals surface area contributed by atoms with Crippen molar-refractivity contribution in [2.24, 2.45) is 0 Å². The molecule has 160 valence electrons. The van der Waals surface area contributed by atoms with E-state index in [9.17, 15) is 27.9 Å². The van der Waals surface area contributed by atoms with Crippen molar-refractivity contribution in [2.45, 2.75) is 18.8 Å². The van der Waals surface area contributed by atoms with Gasteiger partial charge in [0.15, 0.2) is 17.3 Å². The molecular formula is C20H18F3NO6. The van der Waals surface area contributed by atoms with Gasteiger partial charge in [0.05, 0.1) is 6.61 Å². The molecule has 0 aromatic heterocycles. The number of aliphatic hydroxyl groups excluding tert-OH is 1. The summed E-state index contributed by atoms with van der Waals surface area (Å²) in [5.74, 6) is -1.67. The highest BCUT2D eigenvalue weighted by molar-refractivity contribution is 6.02. The maximum Gasteiger partial charge on any atom is 0.420 e. The van der Waals surface area contributed by atoms with Crippen LogP contribution in [0.1, 0.15) is 21.5 Å². The number of fused-ring (bicyclic) bond motifs is 1. The van der Waals surface area contributed by atoms with Crippen LogP contribution in [0.2, 0.25) is 0 Å². The number of carbonyl (C=O) groups is 2. The van der Waals surface area contributed by atoms with Crippen LogP contribution in [0.3, 0.4) is 0 Å². The van der Waals surface area contributed by atoms with Crippen LogP contribution in [0.15, 0.2) is 42.5 Å². The predicted octanol–water partition coefficient (Wildman–Crippen LogP) is 2.95. The van der Waals surface area contributed by atoms with E-state index < -0.39 is 47.6 Å². The van der Waals surface area contributed by atoms with E-state index in [2.05, 4.69) is 5.32 Å². The molecular weight excluding hydrogens is 407 g/mol. The monoisotopic (exact) mass is 425 g/mol. The van der Waals surface area contributed by atoms with Crippen LogP contribution < -0.4 is 14.8 Å². The number of alkyl carbamates (subject to hydrolysis) is 1. The Morgan fingerprint density at radius 2 is 1.83 bits per heavy atom. The second-order valence-corrected chi connectivity index (χ2v) is 6.35. The maximum absolute atomic E-state index is 13.4. The fourth-order valence-corrected chi connectivity index (χ4v) is 2.81. The van der Waals surface area contributed by atoms with Gasteiger partial charge in [0.2, 0.25) is 0 Å². The number of ether oxygens (including phenoxy) is 3. The predicted molar refractivity (Wildman–Crippen MR) is 97.4 cm³/mol. The number of ketones is 1. The Bertz CT molecular complexity index is 917. The highest BCUT2D eigenvalue weighted by Crippen LogP contribution is 2.44. The van der Waals surface area contributed by atoms with Crippen molar-refractivity contribution in [2.75, 3.05) is 19.8 Å². The minimum absolute atomic E-state index is 0.0232. The number of benzene rings is 2. The summed E-state index contributed by atoms with van der Waals surface area (Å²) < 4.78 is 55.4. The van der Waals surface area contributed by atoms with E-state index in [-0.39, 0.29) is 25.6 Å². The van der Waals surface area contributed by atoms with Gasteiger partial charge in [0, 0.05) is 5.56 Å². The Balaban J connectivity index is 1.75. The van der Waals surface area contributed by atoms with Gasteiger partial charge in [-0.1, -0.05) is 30.3 Å². The van der Waals surface area contributed by atoms with Gasteiger partial charge < -0.3 is 24.6 Å². The minimum Gasteiger partial charge on any atom is -0.486 e. The topological polar surface area (TPSA) is 94.1 Å². The lowest BCUT2D eigenvalue weighted by Gasteiger charge is -2.24. The number of carbonyl (C=O) groups excluding carboxylic acids is 2. The zero-order chi connectivity index (χ0) is 21.7. The molecule has 2 aromatic carbocycles. The molecule has 7 nitrogen and oxygen atoms in total. The van der Waals surface area contributed by atoms with Crippen LogP contribution in [-0.2, 0) is 17.5 Å². The molecule has 1 aliphatic heterocycles. The van der Waals surface area contributed by atoms with Crippen LogP contribution in [0, 0.1) is 0 Å². The molecule has 0 saturated heterocycles. The van der Waals surface area contributed by atoms with E-state index >= 15 is 0 Å². The molecule has 3 rings (SSSR count). The number of hydrogen-bond acceptors (Lipinski definition) is 6. The first kappa shape index (κ1) is 21.4. The van der Waals surface area contributed by atoms with E-state index in [1.807, 2.05) is 0 Å². The zero-order valence-electron chi connectivity index (χ0n) is 15.6. The number of Topliss-reactive ketones (excluding diaryl/α,β-unsaturated/α-hetero) is 1. The van der Waals surface area contributed by atoms with Gasteiger partial charge in [-0.15, -0.1) is 0 Å². The van der Waals surface area contributed by atoms with E-state index in [1.165, 1.54) is 0 Å². The highest BCUT2D eigenvalue weighted by Gasteiger charge is 2.38. The Morgan fingerprint density at radius 1 is 1.13 bits per heavy atom. The first-order chi connectivity index (χ1) is 14.3. The summed E-state index contributed by atoms with van der Waals surface area (Å²) in [5, 5.41) is 11.6. The SMILES string of the molecule is O=C(N[C@H](CO)C(=O)c1cc2c(c(C(F)(F)F)c1)OCCO2)OCc1ccccc1. The summed E-state index contributed by atoms with van der Waals surface area (Å²) in [7, 11) is 0. The number of aliphatic hydroxyl groups is 1. The molecule has 0 aliphatic carbocycles. The molecule has 0 radical (unpaired) electrons. The number of amides is 1. The van der Waals surface area contributed by atoms with Crippen molar-refractivity contribution in [3.05, 3.63) is 59.2 Å². The summed E-state index contributed by atoms with van der Waals surface area (Å²) in [6.45, 7) is -0.955. The third kappa shape index (κ3) is 5.01. The normalized spacial score (nSPS) is 14.0. The molecule has 1 aliphatic rings. The lowest BCUT2D eigenvalue weighted by Crippen LogP contribution is -2.43. The molecule has 0 bridgehead atoms. The number of nitrogens with one attached hydrogen (secondary N) is 1. The van der Waals surface area contributed by atoms with Crippen molar-refractivity contribution in [3.8, 4) is 11.5 Å². The van der Waals surface area contributed by atoms with Crippen molar-refractivity contribution >= 4 is 11.9 Å². The molecule has 0 spiro atoms. The average molecular weight is 425 g/mol. The Hall–Kier alpha value is -3.27. The van der Waals surface area contributed by atoms with Gasteiger partial charge in [0.25, 0.3) is 0 Å². The van der Waals surface area contributed by atoms with Crippen molar-refractivity contribution in [3.63, 3.8) is 0 Å². The second-order valence-electron chi connectivity index (χ2n) is 6.35. The third-order valence-electron chi connectivity index (χ3n) is 4.24. The van der Waals surface area contributed by atoms with Crippen LogP contribution >= 0.6 is 0 Å². The Kier molecular flexibility index (Phi) is 6.46. The number of rotatable bonds is 6. The molecule has 0 fully saturated rings. The van der Waals surface area contributed by atoms with Gasteiger partial charge in [-0.05, 0) is 17.7 Å². The number of halogens is 3. The van der Waals surface area contributed by atoms with Gasteiger partial charge in [-0.3, -0.25) is 4.79 Å². The highest BCUT2D eigenvalue weighted by atomic mass is 19.4.